The molecular formula is C27H30N4O2. The number of carbonyl (C=O) groups is 1. The van der Waals surface area contributed by atoms with Crippen molar-refractivity contribution in [2.24, 2.45) is 4.99 Å². The van der Waals surface area contributed by atoms with Crippen molar-refractivity contribution in [1.29, 1.82) is 0 Å². The molecule has 0 unspecified atom stereocenters. The highest BCUT2D eigenvalue weighted by Gasteiger charge is 2.20. The molecule has 6 nitrogen and oxygen atoms in total. The van der Waals surface area contributed by atoms with Gasteiger partial charge in [-0.05, 0) is 43.5 Å². The summed E-state index contributed by atoms with van der Waals surface area (Å²) >= 11 is 0. The number of carbonyl (C=O) groups excluding carboxylic acids is 1. The highest BCUT2D eigenvalue weighted by atomic mass is 16.5. The van der Waals surface area contributed by atoms with Crippen molar-refractivity contribution in [3.05, 3.63) is 77.5 Å². The Balaban J connectivity index is 0.000000275. The summed E-state index contributed by atoms with van der Waals surface area (Å²) in [5, 5.41) is 6.01. The second-order valence-electron chi connectivity index (χ2n) is 8.29. The van der Waals surface area contributed by atoms with Crippen LogP contribution in [-0.4, -0.2) is 36.9 Å². The first-order valence-electron chi connectivity index (χ1n) is 11.4. The summed E-state index contributed by atoms with van der Waals surface area (Å²) in [6, 6.07) is 19.1. The number of aliphatic imine (C=N–C) groups is 1. The minimum atomic E-state index is 0.493. The minimum Gasteiger partial charge on any atom is -0.496 e. The average molecular weight is 443 g/mol. The molecule has 0 saturated heterocycles. The molecule has 33 heavy (non-hydrogen) atoms. The summed E-state index contributed by atoms with van der Waals surface area (Å²) in [6.45, 7) is 2.60. The molecule has 0 spiro atoms. The molecule has 3 aromatic rings. The molecule has 2 heterocycles. The molecule has 6 heteroatoms. The molecule has 0 atom stereocenters. The predicted octanol–water partition coefficient (Wildman–Crippen LogP) is 4.96. The lowest BCUT2D eigenvalue weighted by atomic mass is 9.97. The van der Waals surface area contributed by atoms with Crippen LogP contribution in [-0.2, 0) is 4.79 Å². The maximum Gasteiger partial charge on any atom is 0.207 e. The SMILES string of the molecule is COc1ccccc1C1=NCNc2ncc(-c3ccc(C)cc3)cc21.O=CNC1CCCC1. The van der Waals surface area contributed by atoms with Gasteiger partial charge in [0.2, 0.25) is 6.41 Å². The van der Waals surface area contributed by atoms with Gasteiger partial charge in [0.15, 0.2) is 0 Å². The molecular weight excluding hydrogens is 412 g/mol. The lowest BCUT2D eigenvalue weighted by molar-refractivity contribution is -0.110. The van der Waals surface area contributed by atoms with E-state index in [9.17, 15) is 4.79 Å². The van der Waals surface area contributed by atoms with Gasteiger partial charge in [0.1, 0.15) is 18.2 Å². The smallest absolute Gasteiger partial charge is 0.207 e. The maximum absolute atomic E-state index is 9.85. The van der Waals surface area contributed by atoms with Gasteiger partial charge in [-0.1, -0.05) is 54.8 Å². The Kier molecular flexibility index (Phi) is 7.35. The Morgan fingerprint density at radius 1 is 1.03 bits per heavy atom. The molecule has 1 aromatic heterocycles. The number of rotatable bonds is 5. The van der Waals surface area contributed by atoms with E-state index in [1.54, 1.807) is 7.11 Å². The molecule has 2 N–H and O–H groups in total. The fourth-order valence-corrected chi connectivity index (χ4v) is 4.23. The third kappa shape index (κ3) is 5.40. The number of amides is 1. The van der Waals surface area contributed by atoms with Crippen molar-refractivity contribution in [3.8, 4) is 16.9 Å². The number of benzene rings is 2. The zero-order valence-corrected chi connectivity index (χ0v) is 19.2. The van der Waals surface area contributed by atoms with Crippen molar-refractivity contribution < 1.29 is 9.53 Å². The second kappa shape index (κ2) is 10.8. The van der Waals surface area contributed by atoms with Gasteiger partial charge < -0.3 is 15.4 Å². The number of methoxy groups -OCH3 is 1. The molecule has 2 aromatic carbocycles. The van der Waals surface area contributed by atoms with Gasteiger partial charge in [-0.15, -0.1) is 0 Å². The molecule has 1 amide bonds. The van der Waals surface area contributed by atoms with Crippen LogP contribution in [0.3, 0.4) is 0 Å². The van der Waals surface area contributed by atoms with E-state index in [0.29, 0.717) is 12.7 Å². The number of fused-ring (bicyclic) bond motifs is 1. The minimum absolute atomic E-state index is 0.493. The van der Waals surface area contributed by atoms with Gasteiger partial charge in [0.25, 0.3) is 0 Å². The Labute approximate surface area is 195 Å². The number of nitrogens with zero attached hydrogens (tertiary/aromatic N) is 2. The van der Waals surface area contributed by atoms with Gasteiger partial charge in [-0.2, -0.15) is 0 Å². The summed E-state index contributed by atoms with van der Waals surface area (Å²) in [5.41, 5.74) is 6.35. The van der Waals surface area contributed by atoms with E-state index in [0.717, 1.165) is 45.9 Å². The number of aromatic nitrogens is 1. The van der Waals surface area contributed by atoms with Gasteiger partial charge >= 0.3 is 0 Å². The Morgan fingerprint density at radius 2 is 1.79 bits per heavy atom. The van der Waals surface area contributed by atoms with Crippen LogP contribution >= 0.6 is 0 Å². The summed E-state index contributed by atoms with van der Waals surface area (Å²) in [4.78, 5) is 19.2. The van der Waals surface area contributed by atoms with E-state index in [-0.39, 0.29) is 0 Å². The monoisotopic (exact) mass is 442 g/mol. The normalized spacial score (nSPS) is 14.8. The zero-order chi connectivity index (χ0) is 23.0. The summed E-state index contributed by atoms with van der Waals surface area (Å²) in [7, 11) is 1.68. The van der Waals surface area contributed by atoms with E-state index in [1.165, 1.54) is 31.2 Å². The molecule has 1 fully saturated rings. The number of para-hydroxylation sites is 1. The topological polar surface area (TPSA) is 75.6 Å². The Bertz CT molecular complexity index is 1120. The number of pyridine rings is 1. The highest BCUT2D eigenvalue weighted by molar-refractivity contribution is 6.18. The number of hydrogen-bond donors (Lipinski definition) is 2. The van der Waals surface area contributed by atoms with E-state index in [1.807, 2.05) is 30.5 Å². The van der Waals surface area contributed by atoms with Gasteiger partial charge in [0.05, 0.1) is 12.8 Å². The van der Waals surface area contributed by atoms with Crippen LogP contribution in [0.4, 0.5) is 5.82 Å². The van der Waals surface area contributed by atoms with E-state index in [4.69, 9.17) is 4.74 Å². The summed E-state index contributed by atoms with van der Waals surface area (Å²) < 4.78 is 5.52. The number of aryl methyl sites for hydroxylation is 1. The fraction of sp³-hybridized carbons (Fsp3) is 0.296. The van der Waals surface area contributed by atoms with Crippen molar-refractivity contribution in [2.75, 3.05) is 19.1 Å². The lowest BCUT2D eigenvalue weighted by Crippen LogP contribution is -2.23. The van der Waals surface area contributed by atoms with E-state index in [2.05, 4.69) is 57.9 Å². The van der Waals surface area contributed by atoms with Crippen LogP contribution in [0.1, 0.15) is 42.4 Å². The number of nitrogens with one attached hydrogen (secondary N) is 2. The molecule has 170 valence electrons. The number of hydrogen-bond acceptors (Lipinski definition) is 5. The lowest BCUT2D eigenvalue weighted by Gasteiger charge is -2.20. The van der Waals surface area contributed by atoms with Crippen LogP contribution in [0.5, 0.6) is 5.75 Å². The quantitative estimate of drug-likeness (QED) is 0.548. The fourth-order valence-electron chi connectivity index (χ4n) is 4.23. The van der Waals surface area contributed by atoms with Crippen LogP contribution in [0, 0.1) is 6.92 Å². The molecule has 0 bridgehead atoms. The number of ether oxygens (including phenoxy) is 1. The molecule has 0 radical (unpaired) electrons. The van der Waals surface area contributed by atoms with Gasteiger partial charge in [0, 0.05) is 28.9 Å². The summed E-state index contributed by atoms with van der Waals surface area (Å²) in [6.07, 6.45) is 7.63. The van der Waals surface area contributed by atoms with Crippen LogP contribution in [0.2, 0.25) is 0 Å². The Hall–Kier alpha value is -3.67. The van der Waals surface area contributed by atoms with Crippen molar-refractivity contribution >= 4 is 17.9 Å². The molecule has 1 saturated carbocycles. The Morgan fingerprint density at radius 3 is 2.52 bits per heavy atom. The van der Waals surface area contributed by atoms with Crippen LogP contribution in [0.15, 0.2) is 65.8 Å². The third-order valence-electron chi connectivity index (χ3n) is 6.03. The predicted molar refractivity (Wildman–Crippen MR) is 133 cm³/mol. The average Bonchev–Trinajstić information content (AvgIpc) is 3.38. The standard InChI is InChI=1S/C21H19N3O.C6H11NO/c1-14-7-9-15(10-8-14)16-11-18-20(23-13-24-21(18)22-12-16)17-5-3-4-6-19(17)25-2;8-5-7-6-3-1-2-4-6/h3-12H,13H2,1-2H3,(H,22,24);5-6H,1-4H2,(H,7,8). The second-order valence-corrected chi connectivity index (χ2v) is 8.29. The first kappa shape index (κ1) is 22.5. The largest absolute Gasteiger partial charge is 0.496 e. The van der Waals surface area contributed by atoms with Crippen molar-refractivity contribution in [1.82, 2.24) is 10.3 Å². The highest BCUT2D eigenvalue weighted by Crippen LogP contribution is 2.30. The van der Waals surface area contributed by atoms with Crippen molar-refractivity contribution in [2.45, 2.75) is 38.6 Å². The molecule has 1 aliphatic carbocycles. The van der Waals surface area contributed by atoms with E-state index >= 15 is 0 Å². The van der Waals surface area contributed by atoms with Crippen LogP contribution < -0.4 is 15.4 Å². The van der Waals surface area contributed by atoms with Crippen LogP contribution in [0.25, 0.3) is 11.1 Å². The number of anilines is 1. The molecule has 1 aliphatic heterocycles. The summed E-state index contributed by atoms with van der Waals surface area (Å²) in [5.74, 6) is 1.67. The zero-order valence-electron chi connectivity index (χ0n) is 19.2. The maximum atomic E-state index is 9.85. The first-order valence-corrected chi connectivity index (χ1v) is 11.4. The molecule has 2 aliphatic rings. The van der Waals surface area contributed by atoms with E-state index < -0.39 is 0 Å². The third-order valence-corrected chi connectivity index (χ3v) is 6.03. The van der Waals surface area contributed by atoms with Crippen molar-refractivity contribution in [3.63, 3.8) is 0 Å². The first-order chi connectivity index (χ1) is 16.2. The van der Waals surface area contributed by atoms with Gasteiger partial charge in [-0.3, -0.25) is 9.79 Å². The van der Waals surface area contributed by atoms with Gasteiger partial charge in [-0.25, -0.2) is 4.98 Å². The molecule has 5 rings (SSSR count).